The number of hydrogen-bond donors (Lipinski definition) is 1. The van der Waals surface area contributed by atoms with Crippen molar-refractivity contribution < 1.29 is 18.0 Å². The van der Waals surface area contributed by atoms with Gasteiger partial charge in [0, 0.05) is 24.3 Å². The van der Waals surface area contributed by atoms with Gasteiger partial charge in [-0.2, -0.15) is 18.3 Å². The number of likely N-dealkylation sites (N-methyl/N-ethyl adjacent to an activating group) is 1. The van der Waals surface area contributed by atoms with E-state index >= 15 is 0 Å². The first kappa shape index (κ1) is 24.8. The van der Waals surface area contributed by atoms with Crippen molar-refractivity contribution >= 4 is 22.9 Å². The maximum atomic E-state index is 13.7. The highest BCUT2D eigenvalue weighted by Gasteiger charge is 2.34. The zero-order valence-electron chi connectivity index (χ0n) is 19.5. The average Bonchev–Trinajstić information content (AvgIpc) is 3.52. The first-order valence-corrected chi connectivity index (χ1v) is 12.1. The molecule has 0 fully saturated rings. The number of halogens is 3. The molecule has 0 aliphatic rings. The second-order valence-corrected chi connectivity index (χ2v) is 8.97. The second-order valence-electron chi connectivity index (χ2n) is 8.02. The zero-order valence-corrected chi connectivity index (χ0v) is 20.3. The third kappa shape index (κ3) is 5.35. The summed E-state index contributed by atoms with van der Waals surface area (Å²) in [6.45, 7) is 7.91. The summed E-state index contributed by atoms with van der Waals surface area (Å²) in [5, 5.41) is 8.88. The number of nitrogens with one attached hydrogen (secondary N) is 1. The Labute approximate surface area is 204 Å². The monoisotopic (exact) mass is 502 g/mol. The van der Waals surface area contributed by atoms with Crippen molar-refractivity contribution in [2.75, 3.05) is 19.6 Å². The first-order valence-electron chi connectivity index (χ1n) is 11.2. The predicted molar refractivity (Wildman–Crippen MR) is 129 cm³/mol. The normalized spacial score (nSPS) is 12.9. The van der Waals surface area contributed by atoms with Crippen LogP contribution in [0.4, 0.5) is 13.2 Å². The van der Waals surface area contributed by atoms with Gasteiger partial charge in [-0.1, -0.05) is 19.9 Å². The molecule has 1 amide bonds. The summed E-state index contributed by atoms with van der Waals surface area (Å²) in [4.78, 5) is 24.3. The number of hydrogen-bond acceptors (Lipinski definition) is 6. The van der Waals surface area contributed by atoms with Crippen molar-refractivity contribution in [2.24, 2.45) is 0 Å². The number of amides is 1. The van der Waals surface area contributed by atoms with Crippen LogP contribution < -0.4 is 5.32 Å². The summed E-state index contributed by atoms with van der Waals surface area (Å²) in [7, 11) is 0. The lowest BCUT2D eigenvalue weighted by atomic mass is 10.1. The van der Waals surface area contributed by atoms with E-state index in [1.165, 1.54) is 28.1 Å². The fraction of sp³-hybridized carbons (Fsp3) is 0.333. The van der Waals surface area contributed by atoms with Crippen molar-refractivity contribution in [3.05, 3.63) is 59.4 Å². The minimum Gasteiger partial charge on any atom is -0.350 e. The molecule has 35 heavy (non-hydrogen) atoms. The number of pyridine rings is 1. The van der Waals surface area contributed by atoms with E-state index < -0.39 is 17.8 Å². The highest BCUT2D eigenvalue weighted by molar-refractivity contribution is 7.13. The van der Waals surface area contributed by atoms with Crippen LogP contribution in [-0.2, 0) is 6.18 Å². The van der Waals surface area contributed by atoms with Crippen LogP contribution in [0, 0.1) is 0 Å². The average molecular weight is 503 g/mol. The van der Waals surface area contributed by atoms with Gasteiger partial charge in [-0.15, -0.1) is 11.3 Å². The molecule has 4 heterocycles. The largest absolute Gasteiger partial charge is 0.433 e. The summed E-state index contributed by atoms with van der Waals surface area (Å²) in [5.41, 5.74) is 0.0371. The lowest BCUT2D eigenvalue weighted by molar-refractivity contribution is -0.141. The van der Waals surface area contributed by atoms with Gasteiger partial charge in [0.25, 0.3) is 5.91 Å². The van der Waals surface area contributed by atoms with E-state index in [2.05, 4.69) is 25.3 Å². The highest BCUT2D eigenvalue weighted by atomic mass is 32.1. The molecule has 0 aliphatic heterocycles. The summed E-state index contributed by atoms with van der Waals surface area (Å²) < 4.78 is 42.5. The van der Waals surface area contributed by atoms with Crippen LogP contribution in [0.15, 0.2) is 48.1 Å². The summed E-state index contributed by atoms with van der Waals surface area (Å²) in [6, 6.07) is 7.75. The van der Waals surface area contributed by atoms with E-state index in [1.54, 1.807) is 12.3 Å². The molecule has 1 N–H and O–H groups in total. The molecule has 4 aromatic heterocycles. The molecule has 0 saturated carbocycles. The van der Waals surface area contributed by atoms with Gasteiger partial charge in [0.15, 0.2) is 5.65 Å². The van der Waals surface area contributed by atoms with E-state index in [0.717, 1.165) is 24.0 Å². The molecular weight excluding hydrogens is 477 g/mol. The SMILES string of the molecule is CCN(CC)C(C)CNC(=O)c1cc(-c2cnn3ccc(-c4cccs4)nc23)nc(C(F)(F)F)c1. The van der Waals surface area contributed by atoms with Crippen molar-refractivity contribution in [3.8, 4) is 21.8 Å². The van der Waals surface area contributed by atoms with Crippen LogP contribution in [0.25, 0.3) is 27.5 Å². The number of carbonyl (C=O) groups is 1. The molecule has 0 saturated heterocycles. The molecule has 0 spiro atoms. The number of rotatable bonds is 8. The Morgan fingerprint density at radius 1 is 1.17 bits per heavy atom. The van der Waals surface area contributed by atoms with Gasteiger partial charge in [-0.3, -0.25) is 9.69 Å². The molecule has 11 heteroatoms. The van der Waals surface area contributed by atoms with Crippen LogP contribution >= 0.6 is 11.3 Å². The number of aromatic nitrogens is 4. The van der Waals surface area contributed by atoms with Crippen molar-refractivity contribution in [1.29, 1.82) is 0 Å². The Balaban J connectivity index is 1.72. The third-order valence-electron chi connectivity index (χ3n) is 5.79. The molecule has 184 valence electrons. The molecular formula is C24H25F3N6OS. The lowest BCUT2D eigenvalue weighted by Gasteiger charge is -2.26. The molecule has 4 rings (SSSR count). The van der Waals surface area contributed by atoms with Crippen molar-refractivity contribution in [1.82, 2.24) is 29.8 Å². The van der Waals surface area contributed by atoms with Crippen LogP contribution in [0.5, 0.6) is 0 Å². The smallest absolute Gasteiger partial charge is 0.350 e. The molecule has 7 nitrogen and oxygen atoms in total. The maximum absolute atomic E-state index is 13.7. The van der Waals surface area contributed by atoms with Gasteiger partial charge in [0.2, 0.25) is 0 Å². The molecule has 1 unspecified atom stereocenters. The highest BCUT2D eigenvalue weighted by Crippen LogP contribution is 2.32. The number of nitrogens with zero attached hydrogens (tertiary/aromatic N) is 5. The van der Waals surface area contributed by atoms with E-state index in [-0.39, 0.29) is 17.3 Å². The van der Waals surface area contributed by atoms with Gasteiger partial charge in [-0.25, -0.2) is 14.5 Å². The standard InChI is InChI=1S/C24H25F3N6OS/c1-4-32(5-2)15(3)13-28-23(34)16-11-19(30-21(12-16)24(25,26)27)17-14-29-33-9-8-18(31-22(17)33)20-7-6-10-35-20/h6-12,14-15H,4-5,13H2,1-3H3,(H,28,34). The molecule has 0 radical (unpaired) electrons. The summed E-state index contributed by atoms with van der Waals surface area (Å²) >= 11 is 1.50. The number of carbonyl (C=O) groups excluding carboxylic acids is 1. The van der Waals surface area contributed by atoms with Crippen LogP contribution in [0.2, 0.25) is 0 Å². The Kier molecular flexibility index (Phi) is 7.18. The van der Waals surface area contributed by atoms with E-state index in [0.29, 0.717) is 23.4 Å². The molecule has 1 atom stereocenters. The van der Waals surface area contributed by atoms with E-state index in [1.807, 2.05) is 38.3 Å². The second kappa shape index (κ2) is 10.1. The Morgan fingerprint density at radius 2 is 1.94 bits per heavy atom. The maximum Gasteiger partial charge on any atom is 0.433 e. The van der Waals surface area contributed by atoms with Crippen LogP contribution in [0.1, 0.15) is 36.8 Å². The minimum absolute atomic E-state index is 0.0207. The van der Waals surface area contributed by atoms with Gasteiger partial charge in [0.05, 0.1) is 28.0 Å². The van der Waals surface area contributed by atoms with Gasteiger partial charge in [0.1, 0.15) is 5.69 Å². The Hall–Kier alpha value is -3.31. The van der Waals surface area contributed by atoms with E-state index in [4.69, 9.17) is 0 Å². The van der Waals surface area contributed by atoms with Gasteiger partial charge in [-0.05, 0) is 49.7 Å². The van der Waals surface area contributed by atoms with Crippen LogP contribution in [-0.4, -0.2) is 56.1 Å². The predicted octanol–water partition coefficient (Wildman–Crippen LogP) is 5.00. The topological polar surface area (TPSA) is 75.4 Å². The Morgan fingerprint density at radius 3 is 2.60 bits per heavy atom. The fourth-order valence-corrected chi connectivity index (χ4v) is 4.57. The third-order valence-corrected chi connectivity index (χ3v) is 6.68. The molecule has 0 aliphatic carbocycles. The zero-order chi connectivity index (χ0) is 25.2. The number of thiophene rings is 1. The Bertz CT molecular complexity index is 1310. The lowest BCUT2D eigenvalue weighted by Crippen LogP contribution is -2.42. The minimum atomic E-state index is -4.72. The number of fused-ring (bicyclic) bond motifs is 1. The van der Waals surface area contributed by atoms with Crippen molar-refractivity contribution in [3.63, 3.8) is 0 Å². The fourth-order valence-electron chi connectivity index (χ4n) is 3.87. The van der Waals surface area contributed by atoms with Gasteiger partial charge < -0.3 is 5.32 Å². The van der Waals surface area contributed by atoms with Crippen molar-refractivity contribution in [2.45, 2.75) is 33.0 Å². The molecule has 0 aromatic carbocycles. The molecule has 0 bridgehead atoms. The van der Waals surface area contributed by atoms with E-state index in [9.17, 15) is 18.0 Å². The quantitative estimate of drug-likeness (QED) is 0.367. The summed E-state index contributed by atoms with van der Waals surface area (Å²) in [6.07, 6.45) is -1.62. The number of alkyl halides is 3. The van der Waals surface area contributed by atoms with Gasteiger partial charge >= 0.3 is 6.18 Å². The summed E-state index contributed by atoms with van der Waals surface area (Å²) in [5.74, 6) is -0.595. The first-order chi connectivity index (χ1) is 16.7. The van der Waals surface area contributed by atoms with Crippen LogP contribution in [0.3, 0.4) is 0 Å². The molecule has 4 aromatic rings.